The summed E-state index contributed by atoms with van der Waals surface area (Å²) in [4.78, 5) is 178. The van der Waals surface area contributed by atoms with E-state index < -0.39 is 224 Å². The van der Waals surface area contributed by atoms with E-state index in [2.05, 4.69) is 59.3 Å². The number of phosphoric acid groups is 5. The number of nitrogens with one attached hydrogen (secondary N) is 4. The molecule has 0 aliphatic carbocycles. The summed E-state index contributed by atoms with van der Waals surface area (Å²) >= 11 is 0. The minimum absolute atomic E-state index is 0.00381. The Morgan fingerprint density at radius 2 is 0.783 bits per heavy atom. The Bertz CT molecular complexity index is 5310. The summed E-state index contributed by atoms with van der Waals surface area (Å²) in [6.07, 6.45) is -19.7. The number of hydrogen-bond donors (Lipinski definition) is 15. The van der Waals surface area contributed by atoms with Crippen LogP contribution >= 0.6 is 39.1 Å². The number of rotatable bonds is 28. The van der Waals surface area contributed by atoms with Gasteiger partial charge in [-0.3, -0.25) is 103 Å². The number of H-pyrrole nitrogens is 4. The summed E-state index contributed by atoms with van der Waals surface area (Å²) in [5.74, 6) is -1.19. The van der Waals surface area contributed by atoms with Gasteiger partial charge in [0.05, 0.1) is 58.1 Å². The minimum Gasteiger partial charge on any atom is -0.390 e. The van der Waals surface area contributed by atoms with Gasteiger partial charge in [-0.15, -0.1) is 0 Å². The Morgan fingerprint density at radius 1 is 0.453 bits per heavy atom. The summed E-state index contributed by atoms with van der Waals surface area (Å²) in [7, 11) is -27.2. The minimum atomic E-state index is -5.61. The Morgan fingerprint density at radius 3 is 1.15 bits per heavy atom. The van der Waals surface area contributed by atoms with Crippen LogP contribution in [0.4, 0.5) is 23.7 Å². The lowest BCUT2D eigenvalue weighted by Crippen LogP contribution is -2.33. The highest BCUT2D eigenvalue weighted by molar-refractivity contribution is 7.48. The number of imidazole rings is 3. The smallest absolute Gasteiger partial charge is 0.390 e. The van der Waals surface area contributed by atoms with Crippen molar-refractivity contribution in [1.29, 1.82) is 0 Å². The van der Waals surface area contributed by atoms with Crippen molar-refractivity contribution in [3.8, 4) is 0 Å². The fourth-order valence-corrected chi connectivity index (χ4v) is 16.3. The number of aryl methyl sites for hydroxylation is 1. The number of fused-ring (bicyclic) bond motifs is 3. The number of aliphatic hydroxyl groups is 1. The van der Waals surface area contributed by atoms with E-state index in [4.69, 9.17) is 82.8 Å². The number of aromatic nitrogens is 16. The zero-order valence-electron chi connectivity index (χ0n) is 53.9. The van der Waals surface area contributed by atoms with Crippen LogP contribution in [-0.2, 0) is 87.2 Å². The summed E-state index contributed by atoms with van der Waals surface area (Å²) in [6.45, 7) is -3.78. The largest absolute Gasteiger partial charge is 0.472 e. The molecule has 4 unspecified atom stereocenters. The highest BCUT2D eigenvalue weighted by Crippen LogP contribution is 2.55. The second kappa shape index (κ2) is 29.6. The first-order valence-electron chi connectivity index (χ1n) is 31.0. The monoisotopic (exact) mass is 1600 g/mol. The van der Waals surface area contributed by atoms with Crippen LogP contribution in [0.2, 0.25) is 0 Å². The van der Waals surface area contributed by atoms with Crippen LogP contribution < -0.4 is 56.6 Å². The number of nitrogen functional groups attached to an aromatic ring is 4. The van der Waals surface area contributed by atoms with Crippen molar-refractivity contribution in [2.24, 2.45) is 0 Å². The number of nitrogens with two attached hydrogens (primary N) is 4. The van der Waals surface area contributed by atoms with Gasteiger partial charge < -0.3 is 81.1 Å². The normalized spacial score (nSPS) is 28.7. The van der Waals surface area contributed by atoms with Crippen molar-refractivity contribution in [3.05, 3.63) is 105 Å². The van der Waals surface area contributed by atoms with Gasteiger partial charge in [-0.2, -0.15) is 19.9 Å². The molecule has 13 heterocycles. The lowest BCUT2D eigenvalue weighted by Gasteiger charge is -2.25. The zero-order chi connectivity index (χ0) is 75.9. The summed E-state index contributed by atoms with van der Waals surface area (Å²) in [6, 6.07) is 1.18. The van der Waals surface area contributed by atoms with E-state index in [0.29, 0.717) is 0 Å². The number of anilines is 4. The number of aromatic amines is 4. The number of nitrogens with zero attached hydrogens (tertiary/aromatic N) is 12. The molecule has 57 heteroatoms. The van der Waals surface area contributed by atoms with Gasteiger partial charge in [-0.1, -0.05) is 0 Å². The van der Waals surface area contributed by atoms with Crippen LogP contribution in [0.15, 0.2) is 66.2 Å². The molecule has 5 fully saturated rings. The van der Waals surface area contributed by atoms with Crippen molar-refractivity contribution in [3.63, 3.8) is 0 Å². The highest BCUT2D eigenvalue weighted by Gasteiger charge is 2.50. The molecule has 0 spiro atoms. The fraction of sp³-hybridized carbons (Fsp3) is 0.531. The Labute approximate surface area is 586 Å². The highest BCUT2D eigenvalue weighted by atomic mass is 31.2. The van der Waals surface area contributed by atoms with E-state index in [9.17, 15) is 86.1 Å². The molecule has 5 aliphatic heterocycles. The Kier molecular flexibility index (Phi) is 21.3. The molecule has 52 nitrogen and oxygen atoms in total. The van der Waals surface area contributed by atoms with Gasteiger partial charge in [0.25, 0.3) is 22.2 Å². The van der Waals surface area contributed by atoms with E-state index in [1.54, 1.807) is 0 Å². The molecule has 0 radical (unpaired) electrons. The van der Waals surface area contributed by atoms with Crippen LogP contribution in [0.5, 0.6) is 0 Å². The SMILES string of the molecule is Cc1cn([C@H]2C[C@H](OP(=O)(O)OC[C@H]3O[C@@H](n4ccc(N)nc4=O)C[C@@H]3OP(=O)(O)OC[C@H]3O[C@@H](n4cnc5c(=O)[nH]c(N)nc54)C[C@@H]3OP(=O)(O)OC[C@H]3O[C@@H](n4cnc5c(=O)[nH]c(N)nc54)C[C@@H]3O)[C@@H](COP(=O)(O)O[C@H]3C[C@H](n4cnc5c(=O)[nH]c(N)nc54)O[C@@H]3COP(=O)(O)O)O2)c(=O)[nH]c1=O. The van der Waals surface area contributed by atoms with E-state index in [-0.39, 0.29) is 69.1 Å². The molecule has 8 aromatic heterocycles. The Hall–Kier alpha value is -7.88. The molecular formula is C49H63N20O32P5. The molecule has 576 valence electrons. The average Bonchev–Trinajstić information content (AvgIpc) is 1.64. The van der Waals surface area contributed by atoms with Crippen LogP contribution in [-0.4, -0.2) is 206 Å². The molecule has 0 saturated carbocycles. The van der Waals surface area contributed by atoms with E-state index in [1.165, 1.54) is 33.0 Å². The predicted octanol–water partition coefficient (Wildman–Crippen LogP) is -3.25. The van der Waals surface area contributed by atoms with Crippen LogP contribution in [0.1, 0.15) is 68.8 Å². The first kappa shape index (κ1) is 76.3. The van der Waals surface area contributed by atoms with Crippen LogP contribution in [0.3, 0.4) is 0 Å². The van der Waals surface area contributed by atoms with Gasteiger partial charge in [-0.05, 0) is 13.0 Å². The lowest BCUT2D eigenvalue weighted by atomic mass is 10.2. The molecule has 13 rings (SSSR count). The molecule has 5 aliphatic rings. The van der Waals surface area contributed by atoms with Gasteiger partial charge in [0.1, 0.15) is 91.9 Å². The molecule has 19 atom stereocenters. The maximum absolute atomic E-state index is 14.2. The molecule has 8 aromatic rings. The lowest BCUT2D eigenvalue weighted by molar-refractivity contribution is -0.0642. The van der Waals surface area contributed by atoms with Crippen LogP contribution in [0, 0.1) is 6.92 Å². The first-order chi connectivity index (χ1) is 49.9. The third kappa shape index (κ3) is 17.0. The number of hydrogen-bond acceptors (Lipinski definition) is 37. The molecule has 0 amide bonds. The quantitative estimate of drug-likeness (QED) is 0.0214. The number of ether oxygens (including phenoxy) is 5. The standard InChI is InChI=1S/C49H63N20O32P5/c1-18-9-66(49(76)64-41(18)71)32-6-21(27(95-32)13-91-106(86,87)100-22-7-33(96-25(22)11-88-102(77,78)79)68-16-55-36-39(68)59-46(52)62-43(36)73)99-105(84,85)90-12-26-20(5-31(94-26)65-3-2-29(50)57-48(65)75)98-104(82,83)92-14-28-23(8-34(97-28)69-17-56-37-40(69)60-47(53)63-44(37)74)101-103(80,81)89-10-24-19(70)4-30(93-24)67-15-54-35-38(67)58-45(51)61-42(35)72/h2-3,9,15-17,19-28,30-34,70H,4-8,10-14H2,1H3,(H,80,81)(H,82,83)(H,84,85)(H,86,87)(H2,50,57,75)(H,64,71,76)(H2,77,78,79)(H3,51,58,61,72)(H3,52,59,62,73)(H3,53,60,63,74)/t19-,20-,21-,22-,23-,24+,25+,26+,27+,28+,30+,31+,32+,33+,34+/m0/s1. The molecular weight excluding hydrogens is 1540 g/mol. The van der Waals surface area contributed by atoms with Gasteiger partial charge in [0.15, 0.2) is 33.5 Å². The summed E-state index contributed by atoms with van der Waals surface area (Å²) in [5, 5.41) is 11.0. The maximum atomic E-state index is 14.2. The van der Waals surface area contributed by atoms with Gasteiger partial charge in [0.2, 0.25) is 17.8 Å². The predicted molar refractivity (Wildman–Crippen MR) is 346 cm³/mol. The van der Waals surface area contributed by atoms with Crippen molar-refractivity contribution < 1.29 is 122 Å². The topological polar surface area (TPSA) is 741 Å². The second-order valence-corrected chi connectivity index (χ2v) is 31.0. The van der Waals surface area contributed by atoms with Gasteiger partial charge >= 0.3 is 50.5 Å². The van der Waals surface area contributed by atoms with Crippen molar-refractivity contribution in [2.75, 3.05) is 56.0 Å². The van der Waals surface area contributed by atoms with Gasteiger partial charge in [-0.25, -0.2) is 47.4 Å². The molecule has 19 N–H and O–H groups in total. The molecule has 0 aromatic carbocycles. The second-order valence-electron chi connectivity index (χ2n) is 24.2. The first-order valence-corrected chi connectivity index (χ1v) is 38.5. The summed E-state index contributed by atoms with van der Waals surface area (Å²) in [5.41, 5.74) is 17.0. The number of aliphatic hydroxyl groups excluding tert-OH is 1. The third-order valence-corrected chi connectivity index (χ3v) is 21.5. The van der Waals surface area contributed by atoms with E-state index in [0.717, 1.165) is 34.2 Å². The van der Waals surface area contributed by atoms with Crippen LogP contribution in [0.25, 0.3) is 33.5 Å². The zero-order valence-corrected chi connectivity index (χ0v) is 58.4. The summed E-state index contributed by atoms with van der Waals surface area (Å²) < 4.78 is 151. The van der Waals surface area contributed by atoms with Crippen molar-refractivity contribution in [2.45, 2.75) is 131 Å². The van der Waals surface area contributed by atoms with E-state index in [1.807, 2.05) is 0 Å². The Balaban J connectivity index is 0.699. The maximum Gasteiger partial charge on any atom is 0.472 e. The average molecular weight is 1600 g/mol. The van der Waals surface area contributed by atoms with Crippen molar-refractivity contribution in [1.82, 2.24) is 77.7 Å². The fourth-order valence-electron chi connectivity index (χ4n) is 12.1. The number of phosphoric ester groups is 5. The molecule has 106 heavy (non-hydrogen) atoms. The van der Waals surface area contributed by atoms with Crippen molar-refractivity contribution >= 4 is 96.3 Å². The molecule has 0 bridgehead atoms. The molecule has 5 saturated heterocycles. The van der Waals surface area contributed by atoms with E-state index >= 15 is 0 Å². The third-order valence-electron chi connectivity index (χ3n) is 16.9. The van der Waals surface area contributed by atoms with Gasteiger partial charge in [0, 0.05) is 50.1 Å².